The summed E-state index contributed by atoms with van der Waals surface area (Å²) in [5.74, 6) is 2.41. The minimum atomic E-state index is 0.147. The number of ether oxygens (including phenoxy) is 2. The third kappa shape index (κ3) is 2.80. The smallest absolute Gasteiger partial charge is 0.0805 e. The van der Waals surface area contributed by atoms with Gasteiger partial charge < -0.3 is 15.2 Å². The van der Waals surface area contributed by atoms with Gasteiger partial charge in [-0.25, -0.2) is 0 Å². The van der Waals surface area contributed by atoms with Gasteiger partial charge in [-0.2, -0.15) is 11.8 Å². The Morgan fingerprint density at radius 2 is 2.18 bits per heavy atom. The Kier molecular flexibility index (Phi) is 3.67. The lowest BCUT2D eigenvalue weighted by Gasteiger charge is -2.38. The molecule has 2 N–H and O–H groups in total. The maximum absolute atomic E-state index is 6.24. The number of thioether (sulfide) groups is 1. The zero-order valence-electron chi connectivity index (χ0n) is 10.4. The summed E-state index contributed by atoms with van der Waals surface area (Å²) in [6.45, 7) is 0.879. The quantitative estimate of drug-likeness (QED) is 0.821. The van der Waals surface area contributed by atoms with Crippen LogP contribution in [0.2, 0.25) is 0 Å². The first-order valence-electron chi connectivity index (χ1n) is 6.89. The van der Waals surface area contributed by atoms with E-state index in [1.807, 2.05) is 11.8 Å². The lowest BCUT2D eigenvalue weighted by molar-refractivity contribution is -0.135. The molecule has 0 radical (unpaired) electrons. The third-order valence-electron chi connectivity index (χ3n) is 4.32. The summed E-state index contributed by atoms with van der Waals surface area (Å²) in [6, 6.07) is 0.371. The summed E-state index contributed by atoms with van der Waals surface area (Å²) < 4.78 is 12.3. The van der Waals surface area contributed by atoms with E-state index < -0.39 is 0 Å². The van der Waals surface area contributed by atoms with Crippen LogP contribution in [0.15, 0.2) is 0 Å². The van der Waals surface area contributed by atoms with E-state index >= 15 is 0 Å². The second kappa shape index (κ2) is 5.08. The Bertz CT molecular complexity index is 268. The van der Waals surface area contributed by atoms with Crippen molar-refractivity contribution in [3.05, 3.63) is 0 Å². The van der Waals surface area contributed by atoms with Crippen LogP contribution in [-0.4, -0.2) is 42.0 Å². The van der Waals surface area contributed by atoms with Gasteiger partial charge in [0.25, 0.3) is 0 Å². The lowest BCUT2D eigenvalue weighted by Crippen LogP contribution is -2.43. The number of rotatable bonds is 2. The summed E-state index contributed by atoms with van der Waals surface area (Å²) >= 11 is 2.02. The first-order chi connectivity index (χ1) is 8.26. The molecule has 2 saturated heterocycles. The van der Waals surface area contributed by atoms with Gasteiger partial charge in [-0.05, 0) is 37.9 Å². The number of hydrogen-bond acceptors (Lipinski definition) is 4. The monoisotopic (exact) mass is 257 g/mol. The highest BCUT2D eigenvalue weighted by Crippen LogP contribution is 2.39. The molecule has 1 spiro atoms. The van der Waals surface area contributed by atoms with Crippen molar-refractivity contribution in [1.29, 1.82) is 0 Å². The predicted molar refractivity (Wildman–Crippen MR) is 70.3 cm³/mol. The van der Waals surface area contributed by atoms with E-state index in [-0.39, 0.29) is 5.60 Å². The second-order valence-electron chi connectivity index (χ2n) is 5.78. The molecule has 0 aromatic carbocycles. The summed E-state index contributed by atoms with van der Waals surface area (Å²) in [5, 5.41) is 0. The Morgan fingerprint density at radius 1 is 1.24 bits per heavy atom. The Hall–Kier alpha value is 0.230. The van der Waals surface area contributed by atoms with Crippen LogP contribution in [-0.2, 0) is 9.47 Å². The molecule has 3 fully saturated rings. The van der Waals surface area contributed by atoms with Gasteiger partial charge in [0.2, 0.25) is 0 Å². The van der Waals surface area contributed by atoms with Gasteiger partial charge in [0, 0.05) is 24.8 Å². The van der Waals surface area contributed by atoms with Crippen LogP contribution in [0.25, 0.3) is 0 Å². The minimum absolute atomic E-state index is 0.147. The molecule has 98 valence electrons. The van der Waals surface area contributed by atoms with E-state index in [0.29, 0.717) is 18.2 Å². The molecule has 0 amide bonds. The molecule has 0 aromatic rings. The largest absolute Gasteiger partial charge is 0.375 e. The Morgan fingerprint density at radius 3 is 2.88 bits per heavy atom. The molecule has 4 heteroatoms. The molecule has 3 nitrogen and oxygen atoms in total. The summed E-state index contributed by atoms with van der Waals surface area (Å²) in [5.41, 5.74) is 6.08. The molecule has 1 aliphatic carbocycles. The average molecular weight is 257 g/mol. The van der Waals surface area contributed by atoms with Crippen molar-refractivity contribution in [2.45, 2.75) is 62.4 Å². The van der Waals surface area contributed by atoms with Gasteiger partial charge in [0.05, 0.1) is 17.8 Å². The number of nitrogens with two attached hydrogens (primary N) is 1. The molecule has 2 aliphatic heterocycles. The van der Waals surface area contributed by atoms with E-state index in [0.717, 1.165) is 44.5 Å². The predicted octanol–water partition coefficient (Wildman–Crippen LogP) is 1.94. The Balaban J connectivity index is 1.53. The minimum Gasteiger partial charge on any atom is -0.375 e. The van der Waals surface area contributed by atoms with E-state index in [9.17, 15) is 0 Å². The summed E-state index contributed by atoms with van der Waals surface area (Å²) in [4.78, 5) is 0. The van der Waals surface area contributed by atoms with Crippen molar-refractivity contribution in [3.63, 3.8) is 0 Å². The molecule has 4 unspecified atom stereocenters. The van der Waals surface area contributed by atoms with Gasteiger partial charge in [-0.3, -0.25) is 0 Å². The maximum Gasteiger partial charge on any atom is 0.0805 e. The molecule has 1 saturated carbocycles. The van der Waals surface area contributed by atoms with Crippen molar-refractivity contribution in [2.75, 3.05) is 18.1 Å². The second-order valence-corrected chi connectivity index (χ2v) is 6.89. The Labute approximate surface area is 108 Å². The van der Waals surface area contributed by atoms with Crippen LogP contribution in [0.3, 0.4) is 0 Å². The standard InChI is InChI=1S/C13H23NO2S/c14-10-1-2-11(7-10)16-12-3-5-15-13(8-12)4-6-17-9-13/h10-12H,1-9,14H2. The molecule has 17 heavy (non-hydrogen) atoms. The highest BCUT2D eigenvalue weighted by Gasteiger charge is 2.41. The molecular formula is C13H23NO2S. The summed E-state index contributed by atoms with van der Waals surface area (Å²) in [6.07, 6.45) is 7.55. The number of hydrogen-bond donors (Lipinski definition) is 1. The van der Waals surface area contributed by atoms with E-state index in [2.05, 4.69) is 0 Å². The van der Waals surface area contributed by atoms with Gasteiger partial charge >= 0.3 is 0 Å². The van der Waals surface area contributed by atoms with Crippen molar-refractivity contribution in [2.24, 2.45) is 5.73 Å². The maximum atomic E-state index is 6.24. The van der Waals surface area contributed by atoms with Gasteiger partial charge in [0.15, 0.2) is 0 Å². The van der Waals surface area contributed by atoms with E-state index in [1.54, 1.807) is 0 Å². The van der Waals surface area contributed by atoms with Crippen molar-refractivity contribution >= 4 is 11.8 Å². The normalized spacial score (nSPS) is 46.8. The topological polar surface area (TPSA) is 44.5 Å². The van der Waals surface area contributed by atoms with Crippen molar-refractivity contribution < 1.29 is 9.47 Å². The third-order valence-corrected chi connectivity index (χ3v) is 5.55. The van der Waals surface area contributed by atoms with E-state index in [4.69, 9.17) is 15.2 Å². The van der Waals surface area contributed by atoms with Crippen LogP contribution < -0.4 is 5.73 Å². The first-order valence-corrected chi connectivity index (χ1v) is 8.04. The molecule has 2 heterocycles. The van der Waals surface area contributed by atoms with Gasteiger partial charge in [-0.1, -0.05) is 0 Å². The molecule has 0 bridgehead atoms. The van der Waals surface area contributed by atoms with Crippen LogP contribution >= 0.6 is 11.8 Å². The molecule has 3 rings (SSSR count). The lowest BCUT2D eigenvalue weighted by atomic mass is 9.91. The molecule has 0 aromatic heterocycles. The molecule has 3 aliphatic rings. The highest BCUT2D eigenvalue weighted by atomic mass is 32.2. The molecule has 4 atom stereocenters. The molecular weight excluding hydrogens is 234 g/mol. The fourth-order valence-electron chi connectivity index (χ4n) is 3.33. The van der Waals surface area contributed by atoms with Crippen LogP contribution in [0, 0.1) is 0 Å². The SMILES string of the molecule is NC1CCC(OC2CCOC3(CCSC3)C2)C1. The van der Waals surface area contributed by atoms with Crippen LogP contribution in [0.4, 0.5) is 0 Å². The van der Waals surface area contributed by atoms with Crippen LogP contribution in [0.5, 0.6) is 0 Å². The van der Waals surface area contributed by atoms with Gasteiger partial charge in [0.1, 0.15) is 0 Å². The zero-order valence-corrected chi connectivity index (χ0v) is 11.2. The van der Waals surface area contributed by atoms with E-state index in [1.165, 1.54) is 12.2 Å². The zero-order chi connectivity index (χ0) is 11.7. The van der Waals surface area contributed by atoms with Crippen LogP contribution in [0.1, 0.15) is 38.5 Å². The first kappa shape index (κ1) is 12.3. The highest BCUT2D eigenvalue weighted by molar-refractivity contribution is 7.99. The fraction of sp³-hybridized carbons (Fsp3) is 1.00. The fourth-order valence-corrected chi connectivity index (χ4v) is 4.71. The summed E-state index contributed by atoms with van der Waals surface area (Å²) in [7, 11) is 0. The van der Waals surface area contributed by atoms with Gasteiger partial charge in [-0.15, -0.1) is 0 Å². The average Bonchev–Trinajstić information content (AvgIpc) is 2.89. The van der Waals surface area contributed by atoms with Crippen molar-refractivity contribution in [1.82, 2.24) is 0 Å². The van der Waals surface area contributed by atoms with Crippen molar-refractivity contribution in [3.8, 4) is 0 Å².